The summed E-state index contributed by atoms with van der Waals surface area (Å²) >= 11 is -2.34. The quantitative estimate of drug-likeness (QED) is 0.415. The molecule has 118 valence electrons. The van der Waals surface area contributed by atoms with Crippen molar-refractivity contribution in [3.05, 3.63) is 11.4 Å². The van der Waals surface area contributed by atoms with Crippen molar-refractivity contribution in [3.8, 4) is 0 Å². The number of nitrogens with zero attached hydrogens (tertiary/aromatic N) is 1. The minimum atomic E-state index is -6.94. The van der Waals surface area contributed by atoms with Crippen LogP contribution in [0.3, 0.4) is 0 Å². The zero-order valence-corrected chi connectivity index (χ0v) is 10.1. The van der Waals surface area contributed by atoms with Gasteiger partial charge in [-0.1, -0.05) is 0 Å². The molecular formula is C8H6F9NOS. The Morgan fingerprint density at radius 1 is 0.900 bits per heavy atom. The summed E-state index contributed by atoms with van der Waals surface area (Å²) in [5.74, 6) is -21.5. The molecule has 0 saturated heterocycles. The summed E-state index contributed by atoms with van der Waals surface area (Å²) in [6.45, 7) is 6.20. The van der Waals surface area contributed by atoms with Gasteiger partial charge in [-0.25, -0.2) is 6.57 Å². The van der Waals surface area contributed by atoms with Gasteiger partial charge in [-0.15, -0.1) is 0 Å². The maximum absolute atomic E-state index is 12.9. The summed E-state index contributed by atoms with van der Waals surface area (Å²) in [6.07, 6.45) is -9.04. The molecule has 0 saturated carbocycles. The maximum Gasteiger partial charge on any atom is 0.460 e. The maximum atomic E-state index is 12.9. The molecule has 0 amide bonds. The molecule has 0 N–H and O–H groups in total. The summed E-state index contributed by atoms with van der Waals surface area (Å²) in [7, 11) is 0. The van der Waals surface area contributed by atoms with Gasteiger partial charge < -0.3 is 4.55 Å². The lowest BCUT2D eigenvalue weighted by atomic mass is 10.0. The van der Waals surface area contributed by atoms with Crippen LogP contribution in [0.15, 0.2) is 0 Å². The summed E-state index contributed by atoms with van der Waals surface area (Å²) in [4.78, 5) is 2.48. The smallest absolute Gasteiger partial charge is 0.460 e. The van der Waals surface area contributed by atoms with Crippen LogP contribution in [0.2, 0.25) is 0 Å². The Hall–Kier alpha value is -0.830. The third-order valence-corrected chi connectivity index (χ3v) is 3.14. The lowest BCUT2D eigenvalue weighted by Crippen LogP contribution is -2.61. The molecule has 20 heavy (non-hydrogen) atoms. The summed E-state index contributed by atoms with van der Waals surface area (Å²) < 4.78 is 122. The van der Waals surface area contributed by atoms with Gasteiger partial charge in [0.05, 0.1) is 6.42 Å². The first-order chi connectivity index (χ1) is 8.70. The van der Waals surface area contributed by atoms with Gasteiger partial charge in [0.1, 0.15) is 5.75 Å². The van der Waals surface area contributed by atoms with E-state index in [2.05, 4.69) is 4.85 Å². The molecule has 0 spiro atoms. The molecule has 1 atom stereocenters. The Bertz CT molecular complexity index is 375. The highest BCUT2D eigenvalue weighted by atomic mass is 32.2. The number of alkyl halides is 9. The average molecular weight is 335 g/mol. The fraction of sp³-hybridized carbons (Fsp3) is 0.875. The van der Waals surface area contributed by atoms with Gasteiger partial charge in [-0.2, -0.15) is 39.5 Å². The van der Waals surface area contributed by atoms with Crippen molar-refractivity contribution in [2.24, 2.45) is 0 Å². The molecule has 2 nitrogen and oxygen atoms in total. The van der Waals surface area contributed by atoms with E-state index in [0.29, 0.717) is 0 Å². The van der Waals surface area contributed by atoms with E-state index in [-0.39, 0.29) is 0 Å². The summed E-state index contributed by atoms with van der Waals surface area (Å²) in [5, 5.41) is 0. The van der Waals surface area contributed by atoms with Crippen molar-refractivity contribution in [3.63, 3.8) is 0 Å². The highest BCUT2D eigenvalue weighted by molar-refractivity contribution is 7.91. The van der Waals surface area contributed by atoms with E-state index in [1.807, 2.05) is 0 Å². The predicted molar refractivity (Wildman–Crippen MR) is 50.0 cm³/mol. The summed E-state index contributed by atoms with van der Waals surface area (Å²) in [6, 6.07) is 0. The van der Waals surface area contributed by atoms with E-state index < -0.39 is 53.2 Å². The SMILES string of the molecule is [C-]#[N+]C[S+]([O-])CCC(F)(F)C(F)(F)C(F)(F)C(F)(F)F. The van der Waals surface area contributed by atoms with Crippen LogP contribution in [0.4, 0.5) is 39.5 Å². The van der Waals surface area contributed by atoms with E-state index in [9.17, 15) is 44.1 Å². The Labute approximate surface area is 109 Å². The van der Waals surface area contributed by atoms with E-state index in [1.54, 1.807) is 0 Å². The molecule has 0 heterocycles. The fourth-order valence-corrected chi connectivity index (χ4v) is 1.70. The molecule has 12 heteroatoms. The Kier molecular flexibility index (Phi) is 5.64. The van der Waals surface area contributed by atoms with Crippen molar-refractivity contribution in [1.82, 2.24) is 0 Å². The van der Waals surface area contributed by atoms with Crippen molar-refractivity contribution in [2.45, 2.75) is 30.4 Å². The van der Waals surface area contributed by atoms with E-state index in [4.69, 9.17) is 6.57 Å². The zero-order chi connectivity index (χ0) is 16.4. The second-order valence-electron chi connectivity index (χ2n) is 3.53. The Morgan fingerprint density at radius 2 is 1.35 bits per heavy atom. The van der Waals surface area contributed by atoms with Gasteiger partial charge in [-0.3, -0.25) is 4.85 Å². The van der Waals surface area contributed by atoms with Crippen LogP contribution in [0, 0.1) is 6.57 Å². The van der Waals surface area contributed by atoms with Gasteiger partial charge in [0.15, 0.2) is 0 Å². The monoisotopic (exact) mass is 335 g/mol. The molecule has 0 bridgehead atoms. The second kappa shape index (κ2) is 5.88. The number of rotatable bonds is 6. The van der Waals surface area contributed by atoms with Gasteiger partial charge in [0, 0.05) is 11.2 Å². The highest BCUT2D eigenvalue weighted by Gasteiger charge is 2.81. The van der Waals surface area contributed by atoms with Crippen LogP contribution in [0.1, 0.15) is 6.42 Å². The van der Waals surface area contributed by atoms with Crippen molar-refractivity contribution >= 4 is 11.2 Å². The first-order valence-corrected chi connectivity index (χ1v) is 6.08. The minimum absolute atomic E-state index is 0.850. The molecule has 0 aromatic heterocycles. The molecule has 0 aliphatic carbocycles. The van der Waals surface area contributed by atoms with Crippen LogP contribution in [-0.2, 0) is 11.2 Å². The van der Waals surface area contributed by atoms with Crippen LogP contribution in [-0.4, -0.2) is 40.1 Å². The minimum Gasteiger partial charge on any atom is -0.611 e. The van der Waals surface area contributed by atoms with Gasteiger partial charge in [0.25, 0.3) is 0 Å². The topological polar surface area (TPSA) is 27.4 Å². The van der Waals surface area contributed by atoms with E-state index in [1.165, 1.54) is 0 Å². The first-order valence-electron chi connectivity index (χ1n) is 4.59. The zero-order valence-electron chi connectivity index (χ0n) is 9.29. The lowest BCUT2D eigenvalue weighted by molar-refractivity contribution is -0.396. The normalized spacial score (nSPS) is 15.8. The molecule has 1 unspecified atom stereocenters. The molecule has 0 radical (unpaired) electrons. The van der Waals surface area contributed by atoms with Gasteiger partial charge in [-0.05, 0) is 0 Å². The number of hydrogen-bond acceptors (Lipinski definition) is 1. The Morgan fingerprint density at radius 3 is 1.70 bits per heavy atom. The van der Waals surface area contributed by atoms with Crippen LogP contribution in [0.25, 0.3) is 4.85 Å². The van der Waals surface area contributed by atoms with E-state index >= 15 is 0 Å². The molecule has 0 aliphatic rings. The van der Waals surface area contributed by atoms with Crippen molar-refractivity contribution in [2.75, 3.05) is 11.6 Å². The van der Waals surface area contributed by atoms with Gasteiger partial charge in [0.2, 0.25) is 0 Å². The fourth-order valence-electron chi connectivity index (χ4n) is 0.943. The van der Waals surface area contributed by atoms with Crippen LogP contribution < -0.4 is 0 Å². The van der Waals surface area contributed by atoms with Crippen LogP contribution in [0.5, 0.6) is 0 Å². The third-order valence-electron chi connectivity index (χ3n) is 2.06. The standard InChI is InChI=1S/C8H6F9NOS/c1-18-4-20(19)3-2-5(9,10)6(11,12)7(13,14)8(15,16)17/h2-4H2. The molecule has 0 aromatic carbocycles. The third kappa shape index (κ3) is 3.63. The summed E-state index contributed by atoms with van der Waals surface area (Å²) in [5.41, 5.74) is 0. The molecule has 0 fully saturated rings. The largest absolute Gasteiger partial charge is 0.611 e. The van der Waals surface area contributed by atoms with Crippen LogP contribution >= 0.6 is 0 Å². The molecular weight excluding hydrogens is 329 g/mol. The Balaban J connectivity index is 5.13. The number of halogens is 9. The average Bonchev–Trinajstić information content (AvgIpc) is 2.25. The molecule has 0 aromatic rings. The van der Waals surface area contributed by atoms with E-state index in [0.717, 1.165) is 0 Å². The molecule has 0 rings (SSSR count). The number of hydrogen-bond donors (Lipinski definition) is 0. The second-order valence-corrected chi connectivity index (χ2v) is 5.08. The highest BCUT2D eigenvalue weighted by Crippen LogP contribution is 2.54. The molecule has 0 aliphatic heterocycles. The van der Waals surface area contributed by atoms with Crippen molar-refractivity contribution in [1.29, 1.82) is 0 Å². The first kappa shape index (κ1) is 19.2. The lowest BCUT2D eigenvalue weighted by Gasteiger charge is -2.33. The van der Waals surface area contributed by atoms with Gasteiger partial charge >= 0.3 is 29.8 Å². The van der Waals surface area contributed by atoms with Crippen molar-refractivity contribution < 1.29 is 44.1 Å². The predicted octanol–water partition coefficient (Wildman–Crippen LogP) is 3.47.